The van der Waals surface area contributed by atoms with Crippen LogP contribution in [0.5, 0.6) is 0 Å². The predicted molar refractivity (Wildman–Crippen MR) is 103 cm³/mol. The van der Waals surface area contributed by atoms with Crippen molar-refractivity contribution in [1.29, 1.82) is 0 Å². The summed E-state index contributed by atoms with van der Waals surface area (Å²) in [5.74, 6) is -2.38. The van der Waals surface area contributed by atoms with Gasteiger partial charge in [0.1, 0.15) is 6.04 Å². The van der Waals surface area contributed by atoms with Gasteiger partial charge in [-0.3, -0.25) is 19.3 Å². The van der Waals surface area contributed by atoms with E-state index in [9.17, 15) is 27.6 Å². The maximum atomic E-state index is 12.8. The minimum atomic E-state index is -4.98. The lowest BCUT2D eigenvalue weighted by Crippen LogP contribution is -2.56. The number of ketones is 1. The summed E-state index contributed by atoms with van der Waals surface area (Å²) in [5.41, 5.74) is 2.59. The first-order chi connectivity index (χ1) is 14.0. The van der Waals surface area contributed by atoms with E-state index < -0.39 is 24.0 Å². The highest BCUT2D eigenvalue weighted by Gasteiger charge is 2.48. The maximum absolute atomic E-state index is 12.8. The van der Waals surface area contributed by atoms with Gasteiger partial charge in [-0.05, 0) is 32.8 Å². The molecule has 0 bridgehead atoms. The summed E-state index contributed by atoms with van der Waals surface area (Å²) in [6.45, 7) is 5.57. The molecule has 0 aromatic carbocycles. The number of nitrogens with zero attached hydrogens (tertiary/aromatic N) is 4. The van der Waals surface area contributed by atoms with Crippen LogP contribution in [-0.2, 0) is 16.6 Å². The molecule has 2 aliphatic rings. The molecular formula is C20H27F3N4O3. The van der Waals surface area contributed by atoms with Crippen molar-refractivity contribution in [3.8, 4) is 0 Å². The Morgan fingerprint density at radius 3 is 2.23 bits per heavy atom. The molecule has 30 heavy (non-hydrogen) atoms. The topological polar surface area (TPSA) is 65.9 Å². The number of aryl methyl sites for hydroxylation is 1. The monoisotopic (exact) mass is 428 g/mol. The zero-order valence-corrected chi connectivity index (χ0v) is 17.5. The molecule has 2 fully saturated rings. The fraction of sp³-hybridized carbons (Fsp3) is 0.650. The molecule has 1 atom stereocenters. The highest BCUT2D eigenvalue weighted by Crippen LogP contribution is 2.27. The highest BCUT2D eigenvalue weighted by molar-refractivity contribution is 5.99. The first-order valence-electron chi connectivity index (χ1n) is 10.1. The molecule has 10 heteroatoms. The van der Waals surface area contributed by atoms with Crippen molar-refractivity contribution < 1.29 is 27.6 Å². The number of hydrogen-bond acceptors (Lipinski definition) is 4. The molecule has 1 aromatic rings. The third-order valence-electron chi connectivity index (χ3n) is 6.17. The van der Waals surface area contributed by atoms with E-state index >= 15 is 0 Å². The Morgan fingerprint density at radius 1 is 1.07 bits per heavy atom. The summed E-state index contributed by atoms with van der Waals surface area (Å²) in [7, 11) is 1.90. The summed E-state index contributed by atoms with van der Waals surface area (Å²) in [6, 6.07) is 0.811. The van der Waals surface area contributed by atoms with Crippen molar-refractivity contribution in [2.45, 2.75) is 38.9 Å². The number of Topliss-reactive ketones (excluding diaryl/α,β-unsaturated/α-hetero) is 1. The Balaban J connectivity index is 1.56. The molecule has 0 spiro atoms. The van der Waals surface area contributed by atoms with Crippen molar-refractivity contribution in [3.63, 3.8) is 0 Å². The number of alkyl halides is 3. The molecule has 1 unspecified atom stereocenters. The van der Waals surface area contributed by atoms with E-state index in [2.05, 4.69) is 0 Å². The molecule has 2 saturated heterocycles. The third-order valence-corrected chi connectivity index (χ3v) is 6.17. The van der Waals surface area contributed by atoms with Gasteiger partial charge >= 0.3 is 12.1 Å². The zero-order chi connectivity index (χ0) is 22.2. The van der Waals surface area contributed by atoms with Crippen molar-refractivity contribution >= 4 is 17.6 Å². The quantitative estimate of drug-likeness (QED) is 0.683. The number of likely N-dealkylation sites (tertiary alicyclic amines) is 1. The number of amides is 2. The maximum Gasteiger partial charge on any atom is 0.471 e. The molecule has 166 valence electrons. The van der Waals surface area contributed by atoms with E-state index in [0.29, 0.717) is 43.1 Å². The van der Waals surface area contributed by atoms with Crippen LogP contribution in [-0.4, -0.2) is 88.4 Å². The molecular weight excluding hydrogens is 401 g/mol. The summed E-state index contributed by atoms with van der Waals surface area (Å²) in [4.78, 5) is 41.1. The van der Waals surface area contributed by atoms with Crippen LogP contribution < -0.4 is 0 Å². The zero-order valence-electron chi connectivity index (χ0n) is 17.5. The van der Waals surface area contributed by atoms with Gasteiger partial charge < -0.3 is 14.4 Å². The average molecular weight is 428 g/mol. The molecule has 0 N–H and O–H groups in total. The number of rotatable bonds is 4. The lowest BCUT2D eigenvalue weighted by molar-refractivity contribution is -0.187. The van der Waals surface area contributed by atoms with Gasteiger partial charge in [0.05, 0.1) is 6.54 Å². The van der Waals surface area contributed by atoms with Crippen molar-refractivity contribution in [3.05, 3.63) is 23.0 Å². The molecule has 2 aliphatic heterocycles. The largest absolute Gasteiger partial charge is 0.471 e. The Labute approximate surface area is 173 Å². The Morgan fingerprint density at radius 2 is 1.70 bits per heavy atom. The lowest BCUT2D eigenvalue weighted by atomic mass is 10.1. The number of piperazine rings is 1. The predicted octanol–water partition coefficient (Wildman–Crippen LogP) is 1.52. The number of hydrogen-bond donors (Lipinski definition) is 0. The van der Waals surface area contributed by atoms with Gasteiger partial charge in [0.2, 0.25) is 5.91 Å². The SMILES string of the molecule is Cc1cc(C(=O)CN2CCN(C(=O)C3CCCN3C(=O)C(F)(F)F)CC2)c(C)n1C. The first kappa shape index (κ1) is 22.3. The number of halogens is 3. The molecule has 7 nitrogen and oxygen atoms in total. The van der Waals surface area contributed by atoms with Gasteiger partial charge in [-0.15, -0.1) is 0 Å². The number of carbonyl (C=O) groups excluding carboxylic acids is 3. The van der Waals surface area contributed by atoms with Crippen LogP contribution in [0.4, 0.5) is 13.2 Å². The first-order valence-corrected chi connectivity index (χ1v) is 10.1. The smallest absolute Gasteiger partial charge is 0.351 e. The second kappa shape index (κ2) is 8.41. The molecule has 3 heterocycles. The van der Waals surface area contributed by atoms with E-state index in [1.165, 1.54) is 4.90 Å². The van der Waals surface area contributed by atoms with Crippen molar-refractivity contribution in [2.24, 2.45) is 7.05 Å². The Hall–Kier alpha value is -2.36. The standard InChI is InChI=1S/C20H27F3N4O3/c1-13-11-15(14(2)24(13)3)17(28)12-25-7-9-26(10-8-25)18(29)16-5-4-6-27(16)19(30)20(21,22)23/h11,16H,4-10,12H2,1-3H3. The van der Waals surface area contributed by atoms with Crippen LogP contribution in [0.15, 0.2) is 6.07 Å². The van der Waals surface area contributed by atoms with E-state index in [4.69, 9.17) is 0 Å². The fourth-order valence-corrected chi connectivity index (χ4v) is 4.19. The normalized spacial score (nSPS) is 20.7. The summed E-state index contributed by atoms with van der Waals surface area (Å²) < 4.78 is 40.3. The summed E-state index contributed by atoms with van der Waals surface area (Å²) >= 11 is 0. The van der Waals surface area contributed by atoms with Gasteiger partial charge in [0, 0.05) is 56.7 Å². The van der Waals surface area contributed by atoms with Gasteiger partial charge in [-0.1, -0.05) is 0 Å². The minimum absolute atomic E-state index is 0.00807. The minimum Gasteiger partial charge on any atom is -0.351 e. The Bertz CT molecular complexity index is 841. The fourth-order valence-electron chi connectivity index (χ4n) is 4.19. The van der Waals surface area contributed by atoms with Gasteiger partial charge in [-0.25, -0.2) is 0 Å². The highest BCUT2D eigenvalue weighted by atomic mass is 19.4. The molecule has 0 radical (unpaired) electrons. The molecule has 0 aliphatic carbocycles. The lowest BCUT2D eigenvalue weighted by Gasteiger charge is -2.37. The summed E-state index contributed by atoms with van der Waals surface area (Å²) in [5, 5.41) is 0. The molecule has 2 amide bonds. The van der Waals surface area contributed by atoms with Crippen LogP contribution in [0.3, 0.4) is 0 Å². The van der Waals surface area contributed by atoms with E-state index in [1.54, 1.807) is 0 Å². The average Bonchev–Trinajstić information content (AvgIpc) is 3.27. The van der Waals surface area contributed by atoms with E-state index in [-0.39, 0.29) is 25.3 Å². The van der Waals surface area contributed by atoms with Gasteiger partial charge in [0.25, 0.3) is 0 Å². The molecule has 3 rings (SSSR count). The number of carbonyl (C=O) groups is 3. The van der Waals surface area contributed by atoms with Gasteiger partial charge in [-0.2, -0.15) is 13.2 Å². The van der Waals surface area contributed by atoms with Crippen molar-refractivity contribution in [2.75, 3.05) is 39.3 Å². The van der Waals surface area contributed by atoms with E-state index in [0.717, 1.165) is 11.4 Å². The number of aromatic nitrogens is 1. The second-order valence-corrected chi connectivity index (χ2v) is 8.02. The third kappa shape index (κ3) is 4.38. The van der Waals surface area contributed by atoms with Crippen LogP contribution in [0.1, 0.15) is 34.6 Å². The van der Waals surface area contributed by atoms with Crippen LogP contribution >= 0.6 is 0 Å². The molecule has 1 aromatic heterocycles. The van der Waals surface area contributed by atoms with Crippen LogP contribution in [0.2, 0.25) is 0 Å². The molecule has 0 saturated carbocycles. The van der Waals surface area contributed by atoms with Crippen LogP contribution in [0, 0.1) is 13.8 Å². The summed E-state index contributed by atoms with van der Waals surface area (Å²) in [6.07, 6.45) is -4.36. The van der Waals surface area contributed by atoms with Crippen LogP contribution in [0.25, 0.3) is 0 Å². The van der Waals surface area contributed by atoms with Gasteiger partial charge in [0.15, 0.2) is 5.78 Å². The Kier molecular flexibility index (Phi) is 6.26. The second-order valence-electron chi connectivity index (χ2n) is 8.02. The van der Waals surface area contributed by atoms with E-state index in [1.807, 2.05) is 36.4 Å². The van der Waals surface area contributed by atoms with Crippen molar-refractivity contribution in [1.82, 2.24) is 19.3 Å².